The van der Waals surface area contributed by atoms with E-state index in [1.807, 2.05) is 0 Å². The van der Waals surface area contributed by atoms with Crippen LogP contribution in [0.2, 0.25) is 5.02 Å². The fourth-order valence-electron chi connectivity index (χ4n) is 0.817. The van der Waals surface area contributed by atoms with E-state index in [2.05, 4.69) is 6.58 Å². The maximum absolute atomic E-state index is 11.1. The van der Waals surface area contributed by atoms with Gasteiger partial charge in [-0.05, 0) is 0 Å². The first kappa shape index (κ1) is 8.87. The molecule has 0 bridgehead atoms. The van der Waals surface area contributed by atoms with Crippen LogP contribution < -0.4 is 5.56 Å². The zero-order chi connectivity index (χ0) is 9.14. The third-order valence-corrected chi connectivity index (χ3v) is 1.67. The molecule has 0 spiro atoms. The van der Waals surface area contributed by atoms with Crippen molar-refractivity contribution < 1.29 is 5.11 Å². The monoisotopic (exact) mass is 185 g/mol. The largest absolute Gasteiger partial charge is 0.506 e. The van der Waals surface area contributed by atoms with E-state index in [0.29, 0.717) is 6.54 Å². The van der Waals surface area contributed by atoms with E-state index >= 15 is 0 Å². The Labute approximate surface area is 74.5 Å². The van der Waals surface area contributed by atoms with E-state index in [0.717, 1.165) is 6.07 Å². The number of halogens is 1. The zero-order valence-corrected chi connectivity index (χ0v) is 7.08. The normalized spacial score (nSPS) is 9.75. The second-order valence-electron chi connectivity index (χ2n) is 2.29. The molecule has 0 amide bonds. The Balaban J connectivity index is 3.23. The summed E-state index contributed by atoms with van der Waals surface area (Å²) < 4.78 is 1.36. The first-order valence-corrected chi connectivity index (χ1v) is 3.73. The number of nitrogens with zero attached hydrogens (tertiary/aromatic N) is 1. The number of aromatic hydroxyl groups is 1. The molecular weight excluding hydrogens is 178 g/mol. The quantitative estimate of drug-likeness (QED) is 0.708. The van der Waals surface area contributed by atoms with Crippen molar-refractivity contribution >= 4 is 11.6 Å². The minimum atomic E-state index is -0.295. The standard InChI is InChI=1S/C8H8ClNO2/c1-2-3-10-5-6(9)7(11)4-8(10)12/h2,4-5,11H,1,3H2. The van der Waals surface area contributed by atoms with E-state index in [1.54, 1.807) is 6.08 Å². The number of rotatable bonds is 2. The van der Waals surface area contributed by atoms with Crippen LogP contribution in [-0.2, 0) is 6.54 Å². The molecule has 0 fully saturated rings. The molecule has 1 heterocycles. The minimum absolute atomic E-state index is 0.163. The second-order valence-corrected chi connectivity index (χ2v) is 2.69. The molecule has 1 N–H and O–H groups in total. The molecule has 12 heavy (non-hydrogen) atoms. The van der Waals surface area contributed by atoms with Crippen LogP contribution in [0.3, 0.4) is 0 Å². The summed E-state index contributed by atoms with van der Waals surface area (Å²) in [6.07, 6.45) is 2.95. The van der Waals surface area contributed by atoms with Crippen molar-refractivity contribution in [2.24, 2.45) is 0 Å². The van der Waals surface area contributed by atoms with Crippen molar-refractivity contribution in [3.05, 3.63) is 40.3 Å². The number of hydrogen-bond acceptors (Lipinski definition) is 2. The topological polar surface area (TPSA) is 42.2 Å². The van der Waals surface area contributed by atoms with Gasteiger partial charge in [-0.1, -0.05) is 17.7 Å². The predicted octanol–water partition coefficient (Wildman–Crippen LogP) is 1.39. The van der Waals surface area contributed by atoms with Gasteiger partial charge in [0, 0.05) is 18.8 Å². The van der Waals surface area contributed by atoms with Crippen molar-refractivity contribution in [1.82, 2.24) is 4.57 Å². The average molecular weight is 186 g/mol. The Morgan fingerprint density at radius 3 is 3.00 bits per heavy atom. The third-order valence-electron chi connectivity index (χ3n) is 1.38. The Morgan fingerprint density at radius 2 is 2.42 bits per heavy atom. The van der Waals surface area contributed by atoms with Crippen LogP contribution in [0.4, 0.5) is 0 Å². The summed E-state index contributed by atoms with van der Waals surface area (Å²) in [4.78, 5) is 11.1. The van der Waals surface area contributed by atoms with Gasteiger partial charge in [0.2, 0.25) is 0 Å². The SMILES string of the molecule is C=CCn1cc(Cl)c(O)cc1=O. The molecule has 1 rings (SSSR count). The summed E-state index contributed by atoms with van der Waals surface area (Å²) in [6, 6.07) is 1.08. The zero-order valence-electron chi connectivity index (χ0n) is 6.33. The Morgan fingerprint density at radius 1 is 1.75 bits per heavy atom. The fourth-order valence-corrected chi connectivity index (χ4v) is 0.990. The van der Waals surface area contributed by atoms with E-state index in [9.17, 15) is 4.79 Å². The molecule has 0 radical (unpaired) electrons. The van der Waals surface area contributed by atoms with Gasteiger partial charge in [0.05, 0.1) is 5.02 Å². The molecule has 0 atom stereocenters. The molecule has 0 aromatic carbocycles. The van der Waals surface area contributed by atoms with Crippen molar-refractivity contribution in [1.29, 1.82) is 0 Å². The van der Waals surface area contributed by atoms with Gasteiger partial charge < -0.3 is 9.67 Å². The first-order chi connectivity index (χ1) is 5.65. The molecule has 0 aliphatic heterocycles. The van der Waals surface area contributed by atoms with Gasteiger partial charge in [-0.3, -0.25) is 4.79 Å². The van der Waals surface area contributed by atoms with Crippen molar-refractivity contribution in [2.75, 3.05) is 0 Å². The Bertz CT molecular complexity index is 357. The van der Waals surface area contributed by atoms with E-state index < -0.39 is 0 Å². The molecule has 0 aliphatic rings. The molecule has 0 saturated carbocycles. The average Bonchev–Trinajstić information content (AvgIpc) is 2.01. The van der Waals surface area contributed by atoms with Gasteiger partial charge in [-0.25, -0.2) is 0 Å². The number of pyridine rings is 1. The Hall–Kier alpha value is -1.22. The maximum atomic E-state index is 11.1. The molecule has 3 nitrogen and oxygen atoms in total. The van der Waals surface area contributed by atoms with Gasteiger partial charge in [0.25, 0.3) is 5.56 Å². The van der Waals surface area contributed by atoms with E-state index in [-0.39, 0.29) is 16.3 Å². The molecule has 1 aromatic rings. The summed E-state index contributed by atoms with van der Waals surface area (Å²) in [5, 5.41) is 9.19. The second kappa shape index (κ2) is 3.45. The van der Waals surface area contributed by atoms with Gasteiger partial charge in [-0.15, -0.1) is 6.58 Å². The first-order valence-electron chi connectivity index (χ1n) is 3.35. The lowest BCUT2D eigenvalue weighted by Crippen LogP contribution is -2.17. The highest BCUT2D eigenvalue weighted by atomic mass is 35.5. The lowest BCUT2D eigenvalue weighted by atomic mass is 10.4. The van der Waals surface area contributed by atoms with E-state index in [1.165, 1.54) is 10.8 Å². The van der Waals surface area contributed by atoms with Gasteiger partial charge in [0.15, 0.2) is 0 Å². The molecule has 0 saturated heterocycles. The summed E-state index contributed by atoms with van der Waals surface area (Å²) in [5.74, 6) is -0.193. The van der Waals surface area contributed by atoms with Crippen LogP contribution in [0.25, 0.3) is 0 Å². The third kappa shape index (κ3) is 1.68. The van der Waals surface area contributed by atoms with Crippen LogP contribution >= 0.6 is 11.6 Å². The fraction of sp³-hybridized carbons (Fsp3) is 0.125. The van der Waals surface area contributed by atoms with Crippen LogP contribution in [0.15, 0.2) is 29.7 Å². The van der Waals surface area contributed by atoms with Crippen LogP contribution in [0, 0.1) is 0 Å². The molecule has 1 aromatic heterocycles. The molecule has 64 valence electrons. The summed E-state index contributed by atoms with van der Waals surface area (Å²) in [6.45, 7) is 3.87. The van der Waals surface area contributed by atoms with Crippen molar-refractivity contribution in [3.63, 3.8) is 0 Å². The molecule has 0 aliphatic carbocycles. The minimum Gasteiger partial charge on any atom is -0.506 e. The van der Waals surface area contributed by atoms with E-state index in [4.69, 9.17) is 16.7 Å². The summed E-state index contributed by atoms with van der Waals surface area (Å²) in [7, 11) is 0. The molecular formula is C8H8ClNO2. The maximum Gasteiger partial charge on any atom is 0.254 e. The van der Waals surface area contributed by atoms with Gasteiger partial charge >= 0.3 is 0 Å². The molecule has 0 unspecified atom stereocenters. The lowest BCUT2D eigenvalue weighted by Gasteiger charge is -2.02. The number of aromatic nitrogens is 1. The smallest absolute Gasteiger partial charge is 0.254 e. The van der Waals surface area contributed by atoms with Crippen LogP contribution in [0.1, 0.15) is 0 Å². The summed E-state index contributed by atoms with van der Waals surface area (Å²) in [5.41, 5.74) is -0.295. The van der Waals surface area contributed by atoms with Crippen LogP contribution in [0.5, 0.6) is 5.75 Å². The van der Waals surface area contributed by atoms with Gasteiger partial charge in [-0.2, -0.15) is 0 Å². The highest BCUT2D eigenvalue weighted by molar-refractivity contribution is 6.31. The predicted molar refractivity (Wildman–Crippen MR) is 47.6 cm³/mol. The number of hydrogen-bond donors (Lipinski definition) is 1. The van der Waals surface area contributed by atoms with Crippen molar-refractivity contribution in [3.8, 4) is 5.75 Å². The lowest BCUT2D eigenvalue weighted by molar-refractivity contribution is 0.472. The Kier molecular flexibility index (Phi) is 2.55. The van der Waals surface area contributed by atoms with Crippen molar-refractivity contribution in [2.45, 2.75) is 6.54 Å². The highest BCUT2D eigenvalue weighted by Crippen LogP contribution is 2.18. The highest BCUT2D eigenvalue weighted by Gasteiger charge is 2.01. The number of allylic oxidation sites excluding steroid dienone is 1. The van der Waals surface area contributed by atoms with Crippen LogP contribution in [-0.4, -0.2) is 9.67 Å². The molecule has 4 heteroatoms. The summed E-state index contributed by atoms with van der Waals surface area (Å²) >= 11 is 5.58. The van der Waals surface area contributed by atoms with Gasteiger partial charge in [0.1, 0.15) is 5.75 Å².